The molecule has 0 unspecified atom stereocenters. The largest absolute Gasteiger partial charge is 0.328 e. The Morgan fingerprint density at radius 1 is 1.43 bits per heavy atom. The molecule has 0 saturated heterocycles. The summed E-state index contributed by atoms with van der Waals surface area (Å²) in [5.74, 6) is 0. The highest BCUT2D eigenvalue weighted by molar-refractivity contribution is 7.09. The molecule has 0 N–H and O–H groups in total. The summed E-state index contributed by atoms with van der Waals surface area (Å²) < 4.78 is 3.37. The van der Waals surface area contributed by atoms with Crippen molar-refractivity contribution in [3.63, 3.8) is 0 Å². The van der Waals surface area contributed by atoms with Crippen LogP contribution in [0.4, 0.5) is 0 Å². The predicted molar refractivity (Wildman–Crippen MR) is 55.6 cm³/mol. The topological polar surface area (TPSA) is 39.8 Å². The quantitative estimate of drug-likeness (QED) is 0.761. The van der Waals surface area contributed by atoms with Crippen LogP contribution >= 0.6 is 11.3 Å². The summed E-state index contributed by atoms with van der Waals surface area (Å²) in [6.07, 6.45) is 5.41. The van der Waals surface area contributed by atoms with Gasteiger partial charge in [-0.15, -0.1) is 11.3 Å². The van der Waals surface area contributed by atoms with Gasteiger partial charge in [-0.2, -0.15) is 0 Å². The van der Waals surface area contributed by atoms with E-state index in [4.69, 9.17) is 0 Å². The highest BCUT2D eigenvalue weighted by Gasteiger charge is 2.02. The number of aromatic nitrogens is 3. The third-order valence-corrected chi connectivity index (χ3v) is 2.83. The number of nitrogens with zero attached hydrogens (tertiary/aromatic N) is 3. The second-order valence-corrected chi connectivity index (χ2v) is 3.93. The summed E-state index contributed by atoms with van der Waals surface area (Å²) in [7, 11) is 0. The molecule has 0 aromatic carbocycles. The summed E-state index contributed by atoms with van der Waals surface area (Å²) >= 11 is 1.56. The molecule has 0 aliphatic heterocycles. The highest BCUT2D eigenvalue weighted by atomic mass is 32.1. The summed E-state index contributed by atoms with van der Waals surface area (Å²) in [4.78, 5) is 16.7. The van der Waals surface area contributed by atoms with Crippen LogP contribution in [0.1, 0.15) is 11.8 Å². The third-order valence-electron chi connectivity index (χ3n) is 2.07. The smallest absolute Gasteiger partial charge is 0.300 e. The van der Waals surface area contributed by atoms with Crippen molar-refractivity contribution in [3.05, 3.63) is 39.5 Å². The zero-order valence-electron chi connectivity index (χ0n) is 7.88. The van der Waals surface area contributed by atoms with Gasteiger partial charge in [-0.3, -0.25) is 14.1 Å². The standard InChI is InChI=1S/C9H11N3OS/c1-2-11-3-4-12(9(11)13)6-8-5-10-7-14-8/h3-5,7H,2,6H2,1H3. The van der Waals surface area contributed by atoms with E-state index in [2.05, 4.69) is 4.98 Å². The summed E-state index contributed by atoms with van der Waals surface area (Å²) in [5, 5.41) is 0. The van der Waals surface area contributed by atoms with Crippen molar-refractivity contribution in [2.45, 2.75) is 20.0 Å². The lowest BCUT2D eigenvalue weighted by Gasteiger charge is -1.97. The van der Waals surface area contributed by atoms with Gasteiger partial charge in [-0.1, -0.05) is 0 Å². The maximum absolute atomic E-state index is 11.6. The predicted octanol–water partition coefficient (Wildman–Crippen LogP) is 1.17. The van der Waals surface area contributed by atoms with E-state index >= 15 is 0 Å². The van der Waals surface area contributed by atoms with E-state index in [-0.39, 0.29) is 5.69 Å². The fourth-order valence-electron chi connectivity index (χ4n) is 1.30. The van der Waals surface area contributed by atoms with Gasteiger partial charge in [0.25, 0.3) is 0 Å². The lowest BCUT2D eigenvalue weighted by atomic mass is 10.5. The van der Waals surface area contributed by atoms with E-state index in [1.165, 1.54) is 0 Å². The first-order chi connectivity index (χ1) is 6.81. The van der Waals surface area contributed by atoms with Crippen molar-refractivity contribution < 1.29 is 0 Å². The second-order valence-electron chi connectivity index (χ2n) is 2.96. The molecule has 0 aliphatic carbocycles. The minimum atomic E-state index is 0.0425. The molecule has 74 valence electrons. The minimum Gasteiger partial charge on any atom is -0.300 e. The van der Waals surface area contributed by atoms with Gasteiger partial charge in [0.05, 0.1) is 12.1 Å². The average Bonchev–Trinajstić information content (AvgIpc) is 2.79. The van der Waals surface area contributed by atoms with Crippen molar-refractivity contribution in [3.8, 4) is 0 Å². The summed E-state index contributed by atoms with van der Waals surface area (Å²) in [6.45, 7) is 3.30. The number of rotatable bonds is 3. The number of thiazole rings is 1. The van der Waals surface area contributed by atoms with Gasteiger partial charge in [0, 0.05) is 30.0 Å². The highest BCUT2D eigenvalue weighted by Crippen LogP contribution is 2.06. The first-order valence-electron chi connectivity index (χ1n) is 4.44. The molecule has 0 aliphatic rings. The van der Waals surface area contributed by atoms with E-state index in [0.29, 0.717) is 13.1 Å². The molecule has 2 heterocycles. The van der Waals surface area contributed by atoms with E-state index in [0.717, 1.165) is 4.88 Å². The molecule has 0 saturated carbocycles. The molecule has 0 spiro atoms. The average molecular weight is 209 g/mol. The molecule has 2 aromatic rings. The van der Waals surface area contributed by atoms with Crippen LogP contribution in [0.15, 0.2) is 28.9 Å². The van der Waals surface area contributed by atoms with E-state index in [1.807, 2.05) is 19.3 Å². The van der Waals surface area contributed by atoms with Crippen LogP contribution in [0.3, 0.4) is 0 Å². The van der Waals surface area contributed by atoms with Crippen LogP contribution < -0.4 is 5.69 Å². The van der Waals surface area contributed by atoms with E-state index in [1.54, 1.807) is 32.2 Å². The molecule has 0 amide bonds. The molecule has 0 radical (unpaired) electrons. The Bertz CT molecular complexity index is 455. The number of hydrogen-bond donors (Lipinski definition) is 0. The molecule has 0 fully saturated rings. The van der Waals surface area contributed by atoms with Gasteiger partial charge in [0.1, 0.15) is 0 Å². The van der Waals surface area contributed by atoms with Gasteiger partial charge >= 0.3 is 5.69 Å². The van der Waals surface area contributed by atoms with Crippen LogP contribution in [0.2, 0.25) is 0 Å². The molecule has 2 rings (SSSR count). The zero-order valence-corrected chi connectivity index (χ0v) is 8.70. The molecule has 4 nitrogen and oxygen atoms in total. The van der Waals surface area contributed by atoms with Crippen molar-refractivity contribution in [2.75, 3.05) is 0 Å². The van der Waals surface area contributed by atoms with E-state index in [9.17, 15) is 4.79 Å². The third kappa shape index (κ3) is 1.63. The molecule has 0 atom stereocenters. The van der Waals surface area contributed by atoms with Crippen molar-refractivity contribution in [2.24, 2.45) is 0 Å². The Labute approximate surface area is 85.5 Å². The summed E-state index contributed by atoms with van der Waals surface area (Å²) in [5.41, 5.74) is 1.82. The first kappa shape index (κ1) is 9.21. The molecular formula is C9H11N3OS. The van der Waals surface area contributed by atoms with Crippen molar-refractivity contribution in [1.29, 1.82) is 0 Å². The Morgan fingerprint density at radius 3 is 2.79 bits per heavy atom. The maximum atomic E-state index is 11.6. The van der Waals surface area contributed by atoms with Gasteiger partial charge < -0.3 is 0 Å². The maximum Gasteiger partial charge on any atom is 0.328 e. The monoisotopic (exact) mass is 209 g/mol. The molecular weight excluding hydrogens is 198 g/mol. The Kier molecular flexibility index (Phi) is 2.49. The lowest BCUT2D eigenvalue weighted by molar-refractivity contribution is 0.671. The van der Waals surface area contributed by atoms with Gasteiger partial charge in [-0.25, -0.2) is 4.79 Å². The number of hydrogen-bond acceptors (Lipinski definition) is 3. The molecule has 14 heavy (non-hydrogen) atoms. The fourth-order valence-corrected chi connectivity index (χ4v) is 1.90. The molecule has 5 heteroatoms. The molecule has 2 aromatic heterocycles. The minimum absolute atomic E-state index is 0.0425. The number of aryl methyl sites for hydroxylation is 1. The van der Waals surface area contributed by atoms with Gasteiger partial charge in [0.15, 0.2) is 0 Å². The van der Waals surface area contributed by atoms with Crippen molar-refractivity contribution >= 4 is 11.3 Å². The fraction of sp³-hybridized carbons (Fsp3) is 0.333. The number of imidazole rings is 1. The van der Waals surface area contributed by atoms with Gasteiger partial charge in [0.2, 0.25) is 0 Å². The Morgan fingerprint density at radius 2 is 2.21 bits per heavy atom. The van der Waals surface area contributed by atoms with Crippen LogP contribution in [0.25, 0.3) is 0 Å². The van der Waals surface area contributed by atoms with Gasteiger partial charge in [-0.05, 0) is 6.92 Å². The second kappa shape index (κ2) is 3.79. The van der Waals surface area contributed by atoms with Crippen LogP contribution in [0, 0.1) is 0 Å². The van der Waals surface area contributed by atoms with Crippen LogP contribution in [0.5, 0.6) is 0 Å². The summed E-state index contributed by atoms with van der Waals surface area (Å²) in [6, 6.07) is 0. The SMILES string of the molecule is CCn1ccn(Cc2cncs2)c1=O. The zero-order chi connectivity index (χ0) is 9.97. The first-order valence-corrected chi connectivity index (χ1v) is 5.32. The van der Waals surface area contributed by atoms with Crippen molar-refractivity contribution in [1.82, 2.24) is 14.1 Å². The molecule has 0 bridgehead atoms. The normalized spacial score (nSPS) is 10.6. The van der Waals surface area contributed by atoms with Crippen LogP contribution in [-0.2, 0) is 13.1 Å². The Hall–Kier alpha value is -1.36. The lowest BCUT2D eigenvalue weighted by Crippen LogP contribution is -2.23. The Balaban J connectivity index is 2.26. The van der Waals surface area contributed by atoms with Crippen LogP contribution in [-0.4, -0.2) is 14.1 Å². The van der Waals surface area contributed by atoms with E-state index < -0.39 is 0 Å².